The maximum absolute atomic E-state index is 14.0. The van der Waals surface area contributed by atoms with E-state index in [1.165, 1.54) is 13.1 Å². The van der Waals surface area contributed by atoms with Crippen LogP contribution in [0.3, 0.4) is 0 Å². The summed E-state index contributed by atoms with van der Waals surface area (Å²) in [6.45, 7) is 3.74. The average Bonchev–Trinajstić information content (AvgIpc) is 2.38. The molecule has 0 radical (unpaired) electrons. The van der Waals surface area contributed by atoms with Crippen molar-refractivity contribution in [3.05, 3.63) is 34.6 Å². The van der Waals surface area contributed by atoms with Crippen molar-refractivity contribution in [1.29, 1.82) is 0 Å². The van der Waals surface area contributed by atoms with Crippen LogP contribution in [0.25, 0.3) is 0 Å². The van der Waals surface area contributed by atoms with Crippen molar-refractivity contribution < 1.29 is 9.18 Å². The molecule has 0 bridgehead atoms. The number of piperidine rings is 1. The number of benzene rings is 1. The number of carbonyl (C=O) groups is 1. The molecule has 3 nitrogen and oxygen atoms in total. The third kappa shape index (κ3) is 2.53. The normalized spacial score (nSPS) is 16.6. The minimum Gasteiger partial charge on any atom is -0.355 e. The van der Waals surface area contributed by atoms with E-state index in [1.54, 1.807) is 6.92 Å². The summed E-state index contributed by atoms with van der Waals surface area (Å²) in [4.78, 5) is 11.6. The Morgan fingerprint density at radius 2 is 2.06 bits per heavy atom. The van der Waals surface area contributed by atoms with E-state index in [-0.39, 0.29) is 11.5 Å². The molecule has 0 unspecified atom stereocenters. The Morgan fingerprint density at radius 1 is 1.39 bits per heavy atom. The van der Waals surface area contributed by atoms with Crippen LogP contribution >= 0.6 is 0 Å². The molecule has 2 N–H and O–H groups in total. The van der Waals surface area contributed by atoms with Crippen LogP contribution in [0.5, 0.6) is 0 Å². The van der Waals surface area contributed by atoms with Gasteiger partial charge in [0.2, 0.25) is 0 Å². The van der Waals surface area contributed by atoms with Crippen molar-refractivity contribution in [1.82, 2.24) is 10.6 Å². The van der Waals surface area contributed by atoms with E-state index in [0.717, 1.165) is 31.5 Å². The molecular weight excluding hydrogens is 231 g/mol. The molecule has 1 aliphatic rings. The molecule has 0 aliphatic carbocycles. The minimum absolute atomic E-state index is 0.162. The molecule has 1 aromatic rings. The lowest BCUT2D eigenvalue weighted by Gasteiger charge is -2.23. The summed E-state index contributed by atoms with van der Waals surface area (Å²) in [5.74, 6) is -0.372. The lowest BCUT2D eigenvalue weighted by molar-refractivity contribution is 0.0958. The Bertz CT molecular complexity index is 430. The quantitative estimate of drug-likeness (QED) is 0.842. The van der Waals surface area contributed by atoms with E-state index in [2.05, 4.69) is 10.6 Å². The lowest BCUT2D eigenvalue weighted by atomic mass is 9.88. The molecule has 0 saturated carbocycles. The number of nitrogens with one attached hydrogen (secondary N) is 2. The zero-order valence-electron chi connectivity index (χ0n) is 10.8. The molecule has 1 amide bonds. The second-order valence-electron chi connectivity index (χ2n) is 4.80. The van der Waals surface area contributed by atoms with Gasteiger partial charge in [-0.15, -0.1) is 0 Å². The van der Waals surface area contributed by atoms with E-state index < -0.39 is 5.82 Å². The van der Waals surface area contributed by atoms with E-state index in [9.17, 15) is 9.18 Å². The maximum Gasteiger partial charge on any atom is 0.254 e. The number of carbonyl (C=O) groups excluding carboxylic acids is 1. The predicted molar refractivity (Wildman–Crippen MR) is 69.4 cm³/mol. The Labute approximate surface area is 107 Å². The van der Waals surface area contributed by atoms with Gasteiger partial charge < -0.3 is 10.6 Å². The summed E-state index contributed by atoms with van der Waals surface area (Å²) in [6.07, 6.45) is 2.05. The largest absolute Gasteiger partial charge is 0.355 e. The zero-order chi connectivity index (χ0) is 13.1. The Morgan fingerprint density at radius 3 is 2.61 bits per heavy atom. The van der Waals surface area contributed by atoms with Crippen LogP contribution < -0.4 is 10.6 Å². The molecule has 1 aromatic carbocycles. The first-order valence-electron chi connectivity index (χ1n) is 6.36. The number of halogens is 1. The Kier molecular flexibility index (Phi) is 3.97. The first kappa shape index (κ1) is 13.0. The highest BCUT2D eigenvalue weighted by Crippen LogP contribution is 2.28. The van der Waals surface area contributed by atoms with Gasteiger partial charge in [0.15, 0.2) is 0 Å². The fourth-order valence-electron chi connectivity index (χ4n) is 2.57. The summed E-state index contributed by atoms with van der Waals surface area (Å²) >= 11 is 0. The van der Waals surface area contributed by atoms with Crippen LogP contribution in [0.4, 0.5) is 4.39 Å². The first-order valence-corrected chi connectivity index (χ1v) is 6.36. The van der Waals surface area contributed by atoms with Crippen LogP contribution in [0.1, 0.15) is 40.2 Å². The number of hydrogen-bond acceptors (Lipinski definition) is 2. The molecule has 1 aliphatic heterocycles. The molecule has 1 heterocycles. The number of rotatable bonds is 2. The topological polar surface area (TPSA) is 41.1 Å². The Hall–Kier alpha value is -1.42. The number of amides is 1. The van der Waals surface area contributed by atoms with Crippen LogP contribution in [-0.4, -0.2) is 26.0 Å². The van der Waals surface area contributed by atoms with E-state index in [1.807, 2.05) is 6.07 Å². The molecule has 1 saturated heterocycles. The summed E-state index contributed by atoms with van der Waals surface area (Å²) in [5, 5.41) is 5.77. The van der Waals surface area contributed by atoms with Gasteiger partial charge >= 0.3 is 0 Å². The van der Waals surface area contributed by atoms with Gasteiger partial charge in [0.05, 0.1) is 5.56 Å². The standard InChI is InChI=1S/C14H19FN2O/c1-9-7-11(10-3-5-17-6-4-10)8-12(15)13(9)14(18)16-2/h7-8,10,17H,3-6H2,1-2H3,(H,16,18). The fourth-order valence-corrected chi connectivity index (χ4v) is 2.57. The predicted octanol–water partition coefficient (Wildman–Crippen LogP) is 1.96. The van der Waals surface area contributed by atoms with Crippen molar-refractivity contribution in [2.45, 2.75) is 25.7 Å². The van der Waals surface area contributed by atoms with Crippen LogP contribution in [0.15, 0.2) is 12.1 Å². The van der Waals surface area contributed by atoms with Gasteiger partial charge in [-0.05, 0) is 56.0 Å². The maximum atomic E-state index is 14.0. The van der Waals surface area contributed by atoms with E-state index >= 15 is 0 Å². The van der Waals surface area contributed by atoms with Gasteiger partial charge in [0, 0.05) is 7.05 Å². The second kappa shape index (κ2) is 5.48. The van der Waals surface area contributed by atoms with E-state index in [0.29, 0.717) is 11.5 Å². The third-order valence-corrected chi connectivity index (χ3v) is 3.57. The number of hydrogen-bond donors (Lipinski definition) is 2. The highest BCUT2D eigenvalue weighted by Gasteiger charge is 2.20. The summed E-state index contributed by atoms with van der Waals surface area (Å²) < 4.78 is 14.0. The van der Waals surface area contributed by atoms with Gasteiger partial charge in [0.25, 0.3) is 5.91 Å². The first-order chi connectivity index (χ1) is 8.63. The zero-order valence-corrected chi connectivity index (χ0v) is 10.8. The van der Waals surface area contributed by atoms with Gasteiger partial charge in [-0.25, -0.2) is 4.39 Å². The second-order valence-corrected chi connectivity index (χ2v) is 4.80. The monoisotopic (exact) mass is 250 g/mol. The molecule has 2 rings (SSSR count). The van der Waals surface area contributed by atoms with Crippen LogP contribution in [0, 0.1) is 12.7 Å². The van der Waals surface area contributed by atoms with Crippen molar-refractivity contribution in [3.63, 3.8) is 0 Å². The average molecular weight is 250 g/mol. The van der Waals surface area contributed by atoms with Crippen molar-refractivity contribution in [3.8, 4) is 0 Å². The Balaban J connectivity index is 2.32. The van der Waals surface area contributed by atoms with Gasteiger partial charge in [-0.2, -0.15) is 0 Å². The summed E-state index contributed by atoms with van der Waals surface area (Å²) in [5.41, 5.74) is 1.89. The lowest BCUT2D eigenvalue weighted by Crippen LogP contribution is -2.27. The summed E-state index contributed by atoms with van der Waals surface area (Å²) in [7, 11) is 1.52. The summed E-state index contributed by atoms with van der Waals surface area (Å²) in [6, 6.07) is 3.47. The van der Waals surface area contributed by atoms with Gasteiger partial charge in [-0.1, -0.05) is 6.07 Å². The van der Waals surface area contributed by atoms with Crippen LogP contribution in [0.2, 0.25) is 0 Å². The van der Waals surface area contributed by atoms with E-state index in [4.69, 9.17) is 0 Å². The molecule has 18 heavy (non-hydrogen) atoms. The highest BCUT2D eigenvalue weighted by molar-refractivity contribution is 5.95. The number of aryl methyl sites for hydroxylation is 1. The molecule has 0 atom stereocenters. The minimum atomic E-state index is -0.414. The molecule has 4 heteroatoms. The molecule has 1 fully saturated rings. The smallest absolute Gasteiger partial charge is 0.254 e. The van der Waals surface area contributed by atoms with Crippen LogP contribution in [-0.2, 0) is 0 Å². The highest BCUT2D eigenvalue weighted by atomic mass is 19.1. The third-order valence-electron chi connectivity index (χ3n) is 3.57. The molecule has 0 aromatic heterocycles. The fraction of sp³-hybridized carbons (Fsp3) is 0.500. The van der Waals surface area contributed by atoms with Gasteiger partial charge in [0.1, 0.15) is 5.82 Å². The van der Waals surface area contributed by atoms with Crippen molar-refractivity contribution in [2.24, 2.45) is 0 Å². The molecule has 0 spiro atoms. The SMILES string of the molecule is CNC(=O)c1c(C)cc(C2CCNCC2)cc1F. The van der Waals surface area contributed by atoms with Crippen molar-refractivity contribution >= 4 is 5.91 Å². The van der Waals surface area contributed by atoms with Gasteiger partial charge in [-0.3, -0.25) is 4.79 Å². The molecule has 98 valence electrons. The van der Waals surface area contributed by atoms with Crippen molar-refractivity contribution in [2.75, 3.05) is 20.1 Å². The molecular formula is C14H19FN2O.